The molecular formula is C8H8N4O4S. The molecule has 0 atom stereocenters. The van der Waals surface area contributed by atoms with Crippen molar-refractivity contribution in [2.75, 3.05) is 0 Å². The lowest BCUT2D eigenvalue weighted by Crippen LogP contribution is -2.16. The summed E-state index contributed by atoms with van der Waals surface area (Å²) in [6.45, 7) is 2.24. The first-order chi connectivity index (χ1) is 8.11. The maximum absolute atomic E-state index is 11.3. The summed E-state index contributed by atoms with van der Waals surface area (Å²) in [4.78, 5) is 25.6. The fourth-order valence-corrected chi connectivity index (χ4v) is 1.95. The van der Waals surface area contributed by atoms with Crippen LogP contribution in [-0.2, 0) is 6.54 Å². The smallest absolute Gasteiger partial charge is 0.357 e. The fraction of sp³-hybridized carbons (Fsp3) is 0.250. The van der Waals surface area contributed by atoms with Gasteiger partial charge in [-0.25, -0.2) is 14.7 Å². The van der Waals surface area contributed by atoms with Gasteiger partial charge in [0.2, 0.25) is 5.16 Å². The summed E-state index contributed by atoms with van der Waals surface area (Å²) in [5.74, 6) is -1.17. The molecule has 2 N–H and O–H groups in total. The van der Waals surface area contributed by atoms with Crippen LogP contribution >= 0.6 is 11.8 Å². The summed E-state index contributed by atoms with van der Waals surface area (Å²) in [6.07, 6.45) is 1.03. The van der Waals surface area contributed by atoms with E-state index in [1.807, 2.05) is 0 Å². The molecule has 0 unspecified atom stereocenters. The highest BCUT2D eigenvalue weighted by molar-refractivity contribution is 7.98. The summed E-state index contributed by atoms with van der Waals surface area (Å²) < 4.78 is 6.32. The minimum atomic E-state index is -1.17. The molecule has 17 heavy (non-hydrogen) atoms. The Morgan fingerprint density at radius 3 is 3.06 bits per heavy atom. The van der Waals surface area contributed by atoms with E-state index in [1.165, 1.54) is 4.57 Å². The molecule has 0 saturated carbocycles. The van der Waals surface area contributed by atoms with Crippen LogP contribution in [0.3, 0.4) is 0 Å². The standard InChI is InChI=1S/C8H8N4O4S/c1-2-12-6(15)10-11-7(12)17-8-9-4(3-16-8)5(13)14/h3H,2H2,1H3,(H,10,15)(H,13,14). The molecule has 8 nitrogen and oxygen atoms in total. The quantitative estimate of drug-likeness (QED) is 0.815. The molecule has 0 aliphatic carbocycles. The van der Waals surface area contributed by atoms with Crippen LogP contribution in [0.1, 0.15) is 17.4 Å². The predicted molar refractivity (Wildman–Crippen MR) is 56.1 cm³/mol. The molecule has 0 aliphatic heterocycles. The first-order valence-electron chi connectivity index (χ1n) is 4.63. The van der Waals surface area contributed by atoms with E-state index in [0.717, 1.165) is 18.0 Å². The lowest BCUT2D eigenvalue weighted by molar-refractivity contribution is 0.0690. The molecule has 0 bridgehead atoms. The van der Waals surface area contributed by atoms with Crippen molar-refractivity contribution in [3.63, 3.8) is 0 Å². The van der Waals surface area contributed by atoms with Gasteiger partial charge in [0.05, 0.1) is 0 Å². The van der Waals surface area contributed by atoms with Crippen LogP contribution in [0.25, 0.3) is 0 Å². The van der Waals surface area contributed by atoms with E-state index in [2.05, 4.69) is 15.2 Å². The van der Waals surface area contributed by atoms with E-state index >= 15 is 0 Å². The van der Waals surface area contributed by atoms with Crippen molar-refractivity contribution >= 4 is 17.7 Å². The van der Waals surface area contributed by atoms with Gasteiger partial charge in [0.25, 0.3) is 5.22 Å². The van der Waals surface area contributed by atoms with Crippen molar-refractivity contribution in [3.05, 3.63) is 22.4 Å². The number of H-pyrrole nitrogens is 1. The number of hydrogen-bond donors (Lipinski definition) is 2. The third-order valence-corrected chi connectivity index (χ3v) is 2.78. The molecule has 0 spiro atoms. The Hall–Kier alpha value is -2.03. The Labute approximate surface area is 98.7 Å². The van der Waals surface area contributed by atoms with Crippen LogP contribution in [0.15, 0.2) is 25.9 Å². The third-order valence-electron chi connectivity index (χ3n) is 1.92. The van der Waals surface area contributed by atoms with E-state index in [0.29, 0.717) is 11.7 Å². The van der Waals surface area contributed by atoms with E-state index in [9.17, 15) is 9.59 Å². The van der Waals surface area contributed by atoms with Gasteiger partial charge >= 0.3 is 11.7 Å². The minimum absolute atomic E-state index is 0.121. The van der Waals surface area contributed by atoms with Gasteiger partial charge in [-0.3, -0.25) is 4.57 Å². The van der Waals surface area contributed by atoms with Gasteiger partial charge < -0.3 is 9.52 Å². The van der Waals surface area contributed by atoms with Crippen LogP contribution in [0.4, 0.5) is 0 Å². The minimum Gasteiger partial charge on any atom is -0.476 e. The SMILES string of the molecule is CCn1c(Sc2nc(C(=O)O)co2)n[nH]c1=O. The molecule has 9 heteroatoms. The number of oxazole rings is 1. The lowest BCUT2D eigenvalue weighted by atomic mass is 10.5. The Balaban J connectivity index is 2.25. The maximum Gasteiger partial charge on any atom is 0.357 e. The molecule has 0 aliphatic rings. The molecule has 2 heterocycles. The number of hydrogen-bond acceptors (Lipinski definition) is 6. The second-order valence-corrected chi connectivity index (χ2v) is 3.88. The number of nitrogens with zero attached hydrogens (tertiary/aromatic N) is 3. The highest BCUT2D eigenvalue weighted by atomic mass is 32.2. The summed E-state index contributed by atoms with van der Waals surface area (Å²) in [5, 5.41) is 15.2. The topological polar surface area (TPSA) is 114 Å². The number of rotatable bonds is 4. The van der Waals surface area contributed by atoms with Gasteiger partial charge in [0, 0.05) is 18.3 Å². The van der Waals surface area contributed by atoms with Crippen molar-refractivity contribution < 1.29 is 14.3 Å². The summed E-state index contributed by atoms with van der Waals surface area (Å²) >= 11 is 0.977. The summed E-state index contributed by atoms with van der Waals surface area (Å²) in [6, 6.07) is 0. The summed E-state index contributed by atoms with van der Waals surface area (Å²) in [7, 11) is 0. The van der Waals surface area contributed by atoms with Gasteiger partial charge in [-0.15, -0.1) is 5.10 Å². The van der Waals surface area contributed by atoms with Gasteiger partial charge in [-0.1, -0.05) is 0 Å². The highest BCUT2D eigenvalue weighted by Crippen LogP contribution is 2.23. The number of carboxylic acids is 1. The van der Waals surface area contributed by atoms with Crippen molar-refractivity contribution in [3.8, 4) is 0 Å². The zero-order valence-electron chi connectivity index (χ0n) is 8.71. The lowest BCUT2D eigenvalue weighted by Gasteiger charge is -1.97. The van der Waals surface area contributed by atoms with Crippen molar-refractivity contribution in [1.82, 2.24) is 19.7 Å². The first kappa shape index (κ1) is 11.5. The molecule has 0 fully saturated rings. The molecule has 2 rings (SSSR count). The average Bonchev–Trinajstić information content (AvgIpc) is 2.87. The largest absolute Gasteiger partial charge is 0.476 e. The second kappa shape index (κ2) is 4.45. The average molecular weight is 256 g/mol. The molecule has 2 aromatic rings. The van der Waals surface area contributed by atoms with Crippen molar-refractivity contribution in [2.45, 2.75) is 23.8 Å². The number of aromatic nitrogens is 4. The number of carboxylic acid groups (broad SMARTS) is 1. The monoisotopic (exact) mass is 256 g/mol. The van der Waals surface area contributed by atoms with Gasteiger partial charge in [-0.05, 0) is 6.92 Å². The number of aromatic carboxylic acids is 1. The number of aromatic amines is 1. The van der Waals surface area contributed by atoms with Crippen LogP contribution in [0.2, 0.25) is 0 Å². The van der Waals surface area contributed by atoms with E-state index in [1.54, 1.807) is 6.92 Å². The second-order valence-electron chi connectivity index (χ2n) is 2.96. The van der Waals surface area contributed by atoms with Crippen LogP contribution in [0, 0.1) is 0 Å². The molecule has 2 aromatic heterocycles. The zero-order valence-corrected chi connectivity index (χ0v) is 9.52. The molecule has 0 radical (unpaired) electrons. The van der Waals surface area contributed by atoms with E-state index in [-0.39, 0.29) is 16.6 Å². The van der Waals surface area contributed by atoms with E-state index in [4.69, 9.17) is 9.52 Å². The fourth-order valence-electron chi connectivity index (χ4n) is 1.14. The Bertz CT molecular complexity index is 599. The molecule has 0 saturated heterocycles. The molecular weight excluding hydrogens is 248 g/mol. The van der Waals surface area contributed by atoms with Crippen molar-refractivity contribution in [1.29, 1.82) is 0 Å². The zero-order chi connectivity index (χ0) is 12.4. The van der Waals surface area contributed by atoms with Crippen LogP contribution in [0.5, 0.6) is 0 Å². The number of carbonyl (C=O) groups is 1. The third kappa shape index (κ3) is 2.23. The number of nitrogens with one attached hydrogen (secondary N) is 1. The molecule has 0 amide bonds. The van der Waals surface area contributed by atoms with Crippen molar-refractivity contribution in [2.24, 2.45) is 0 Å². The first-order valence-corrected chi connectivity index (χ1v) is 5.45. The van der Waals surface area contributed by atoms with Gasteiger partial charge in [0.15, 0.2) is 5.69 Å². The molecule has 0 aromatic carbocycles. The van der Waals surface area contributed by atoms with E-state index < -0.39 is 5.97 Å². The Morgan fingerprint density at radius 1 is 1.71 bits per heavy atom. The maximum atomic E-state index is 11.3. The van der Waals surface area contributed by atoms with Gasteiger partial charge in [0.1, 0.15) is 6.26 Å². The normalized spacial score (nSPS) is 10.6. The Morgan fingerprint density at radius 2 is 2.47 bits per heavy atom. The summed E-state index contributed by atoms with van der Waals surface area (Å²) in [5.41, 5.74) is -0.520. The van der Waals surface area contributed by atoms with Crippen LogP contribution < -0.4 is 5.69 Å². The van der Waals surface area contributed by atoms with Crippen LogP contribution in [-0.4, -0.2) is 30.8 Å². The highest BCUT2D eigenvalue weighted by Gasteiger charge is 2.15. The predicted octanol–water partition coefficient (Wildman–Crippen LogP) is 0.429. The molecule has 90 valence electrons. The Kier molecular flexibility index (Phi) is 3.00. The van der Waals surface area contributed by atoms with Gasteiger partial charge in [-0.2, -0.15) is 4.98 Å².